The van der Waals surface area contributed by atoms with Gasteiger partial charge in [-0.2, -0.15) is 0 Å². The number of aliphatic hydroxyl groups is 1. The van der Waals surface area contributed by atoms with Crippen molar-refractivity contribution < 1.29 is 19.4 Å². The minimum Gasteiger partial charge on any atom is -0.489 e. The van der Waals surface area contributed by atoms with E-state index < -0.39 is 0 Å². The molecule has 28 heavy (non-hydrogen) atoms. The third-order valence-corrected chi connectivity index (χ3v) is 4.41. The molecule has 152 valence electrons. The summed E-state index contributed by atoms with van der Waals surface area (Å²) in [6, 6.07) is 18.3. The second-order valence-corrected chi connectivity index (χ2v) is 7.84. The number of rotatable bonds is 5. The molecule has 2 unspecified atom stereocenters. The lowest BCUT2D eigenvalue weighted by atomic mass is 9.88. The Morgan fingerprint density at radius 3 is 2.32 bits per heavy atom. The van der Waals surface area contributed by atoms with Crippen molar-refractivity contribution in [1.82, 2.24) is 5.32 Å². The Bertz CT molecular complexity index is 695. The van der Waals surface area contributed by atoms with Crippen LogP contribution in [0.4, 0.5) is 0 Å². The first-order valence-electron chi connectivity index (χ1n) is 9.66. The van der Waals surface area contributed by atoms with Gasteiger partial charge in [-0.3, -0.25) is 4.79 Å². The van der Waals surface area contributed by atoms with E-state index in [1.54, 1.807) is 0 Å². The van der Waals surface area contributed by atoms with Gasteiger partial charge in [0.25, 0.3) is 6.47 Å². The number of piperidine rings is 1. The first-order valence-corrected chi connectivity index (χ1v) is 9.66. The van der Waals surface area contributed by atoms with Crippen molar-refractivity contribution in [2.75, 3.05) is 13.1 Å². The number of carbonyl (C=O) groups is 1. The molecule has 0 aliphatic carbocycles. The fourth-order valence-electron chi connectivity index (χ4n) is 2.93. The summed E-state index contributed by atoms with van der Waals surface area (Å²) in [6.45, 7) is 8.14. The predicted octanol–water partition coefficient (Wildman–Crippen LogP) is 3.66. The third-order valence-electron chi connectivity index (χ3n) is 4.41. The molecule has 1 aliphatic heterocycles. The molecule has 2 aromatic carbocycles. The molecule has 5 heteroatoms. The molecule has 1 heterocycles. The third kappa shape index (κ3) is 7.71. The Kier molecular flexibility index (Phi) is 8.48. The van der Waals surface area contributed by atoms with Crippen LogP contribution < -0.4 is 10.1 Å². The molecule has 0 radical (unpaired) electrons. The highest BCUT2D eigenvalue weighted by Crippen LogP contribution is 2.27. The largest absolute Gasteiger partial charge is 0.489 e. The van der Waals surface area contributed by atoms with Gasteiger partial charge >= 0.3 is 0 Å². The van der Waals surface area contributed by atoms with Crippen molar-refractivity contribution in [2.45, 2.75) is 51.4 Å². The molecule has 3 rings (SSSR count). The van der Waals surface area contributed by atoms with Gasteiger partial charge in [-0.05, 0) is 57.0 Å². The van der Waals surface area contributed by atoms with E-state index >= 15 is 0 Å². The molecule has 1 aliphatic rings. The van der Waals surface area contributed by atoms with Crippen LogP contribution in [0, 0.1) is 0 Å². The lowest BCUT2D eigenvalue weighted by molar-refractivity contribution is -0.138. The standard InChI is InChI=1S/C18H21NO2.C5H10O2/c20-18-12-19-11-10-17(18)15-6-8-16(9-7-15)21-13-14-4-2-1-3-5-14;1-5(2,3)7-4-6/h1-9,17-20H,10-13H2;4H,1-3H3. The Labute approximate surface area is 167 Å². The van der Waals surface area contributed by atoms with Gasteiger partial charge in [-0.15, -0.1) is 0 Å². The van der Waals surface area contributed by atoms with Crippen LogP contribution in [0.15, 0.2) is 54.6 Å². The molecule has 0 aromatic heterocycles. The summed E-state index contributed by atoms with van der Waals surface area (Å²) in [6.07, 6.45) is 0.681. The van der Waals surface area contributed by atoms with Gasteiger partial charge in [0.1, 0.15) is 18.0 Å². The van der Waals surface area contributed by atoms with E-state index in [0.29, 0.717) is 19.6 Å². The molecule has 2 N–H and O–H groups in total. The average Bonchev–Trinajstić information content (AvgIpc) is 2.68. The fraction of sp³-hybridized carbons (Fsp3) is 0.435. The number of nitrogens with one attached hydrogen (secondary N) is 1. The van der Waals surface area contributed by atoms with Gasteiger partial charge in [0.2, 0.25) is 0 Å². The molecule has 0 amide bonds. The minimum absolute atomic E-state index is 0.231. The second kappa shape index (κ2) is 10.8. The van der Waals surface area contributed by atoms with E-state index in [9.17, 15) is 9.90 Å². The highest BCUT2D eigenvalue weighted by atomic mass is 16.5. The smallest absolute Gasteiger partial charge is 0.293 e. The predicted molar refractivity (Wildman–Crippen MR) is 110 cm³/mol. The lowest BCUT2D eigenvalue weighted by Crippen LogP contribution is -2.39. The van der Waals surface area contributed by atoms with Gasteiger partial charge in [-0.25, -0.2) is 0 Å². The Hall–Kier alpha value is -2.37. The summed E-state index contributed by atoms with van der Waals surface area (Å²) in [4.78, 5) is 9.60. The molecule has 1 saturated heterocycles. The first-order chi connectivity index (χ1) is 13.4. The quantitative estimate of drug-likeness (QED) is 0.769. The van der Waals surface area contributed by atoms with E-state index in [-0.39, 0.29) is 17.6 Å². The molecule has 5 nitrogen and oxygen atoms in total. The maximum atomic E-state index is 10.0. The van der Waals surface area contributed by atoms with Crippen molar-refractivity contribution in [3.63, 3.8) is 0 Å². The highest BCUT2D eigenvalue weighted by Gasteiger charge is 2.24. The maximum absolute atomic E-state index is 10.0. The van der Waals surface area contributed by atoms with Gasteiger partial charge < -0.3 is 19.9 Å². The van der Waals surface area contributed by atoms with E-state index in [2.05, 4.69) is 34.3 Å². The van der Waals surface area contributed by atoms with Crippen molar-refractivity contribution >= 4 is 6.47 Å². The van der Waals surface area contributed by atoms with Crippen LogP contribution in [-0.2, 0) is 16.1 Å². The summed E-state index contributed by atoms with van der Waals surface area (Å²) in [5.74, 6) is 1.10. The van der Waals surface area contributed by atoms with E-state index in [1.165, 1.54) is 5.56 Å². The van der Waals surface area contributed by atoms with Crippen LogP contribution in [0.1, 0.15) is 44.2 Å². The van der Waals surface area contributed by atoms with Crippen LogP contribution in [0.2, 0.25) is 0 Å². The van der Waals surface area contributed by atoms with Gasteiger partial charge in [0.15, 0.2) is 0 Å². The summed E-state index contributed by atoms with van der Waals surface area (Å²) >= 11 is 0. The van der Waals surface area contributed by atoms with Gasteiger partial charge in [-0.1, -0.05) is 42.5 Å². The molecule has 0 spiro atoms. The molecule has 2 aromatic rings. The zero-order chi connectivity index (χ0) is 20.4. The zero-order valence-electron chi connectivity index (χ0n) is 16.9. The normalized spacial score (nSPS) is 19.1. The lowest BCUT2D eigenvalue weighted by Gasteiger charge is -2.28. The number of aliphatic hydroxyl groups excluding tert-OH is 1. The topological polar surface area (TPSA) is 67.8 Å². The Balaban J connectivity index is 0.000000345. The van der Waals surface area contributed by atoms with Gasteiger partial charge in [0.05, 0.1) is 6.10 Å². The average molecular weight is 386 g/mol. The summed E-state index contributed by atoms with van der Waals surface area (Å²) in [5, 5.41) is 13.3. The first kappa shape index (κ1) is 21.9. The summed E-state index contributed by atoms with van der Waals surface area (Å²) in [5.41, 5.74) is 2.04. The SMILES string of the molecule is CC(C)(C)OC=O.OC1CNCCC1c1ccc(OCc2ccccc2)cc1. The maximum Gasteiger partial charge on any atom is 0.293 e. The Morgan fingerprint density at radius 1 is 1.11 bits per heavy atom. The summed E-state index contributed by atoms with van der Waals surface area (Å²) < 4.78 is 10.3. The van der Waals surface area contributed by atoms with Gasteiger partial charge in [0, 0.05) is 12.5 Å². The molecule has 1 fully saturated rings. The van der Waals surface area contributed by atoms with Crippen LogP contribution in [-0.4, -0.2) is 36.4 Å². The summed E-state index contributed by atoms with van der Waals surface area (Å²) in [7, 11) is 0. The second-order valence-electron chi connectivity index (χ2n) is 7.84. The minimum atomic E-state index is -0.318. The van der Waals surface area contributed by atoms with Crippen LogP contribution in [0.3, 0.4) is 0 Å². The van der Waals surface area contributed by atoms with E-state index in [4.69, 9.17) is 4.74 Å². The zero-order valence-corrected chi connectivity index (χ0v) is 16.9. The highest BCUT2D eigenvalue weighted by molar-refractivity contribution is 5.37. The Morgan fingerprint density at radius 2 is 1.79 bits per heavy atom. The van der Waals surface area contributed by atoms with E-state index in [1.807, 2.05) is 51.1 Å². The number of benzene rings is 2. The number of hydrogen-bond acceptors (Lipinski definition) is 5. The molecular weight excluding hydrogens is 354 g/mol. The fourth-order valence-corrected chi connectivity index (χ4v) is 2.93. The number of ether oxygens (including phenoxy) is 2. The van der Waals surface area contributed by atoms with Crippen molar-refractivity contribution in [1.29, 1.82) is 0 Å². The van der Waals surface area contributed by atoms with Crippen molar-refractivity contribution in [3.8, 4) is 5.75 Å². The van der Waals surface area contributed by atoms with Crippen molar-refractivity contribution in [2.24, 2.45) is 0 Å². The van der Waals surface area contributed by atoms with Crippen molar-refractivity contribution in [3.05, 3.63) is 65.7 Å². The van der Waals surface area contributed by atoms with E-state index in [0.717, 1.165) is 24.3 Å². The number of hydrogen-bond donors (Lipinski definition) is 2. The van der Waals surface area contributed by atoms with Crippen LogP contribution in [0.5, 0.6) is 5.75 Å². The molecule has 0 bridgehead atoms. The van der Waals surface area contributed by atoms with Crippen LogP contribution in [0.25, 0.3) is 0 Å². The monoisotopic (exact) mass is 385 g/mol. The molecule has 0 saturated carbocycles. The molecular formula is C23H31NO4. The number of carbonyl (C=O) groups excluding carboxylic acids is 1. The van der Waals surface area contributed by atoms with Crippen LogP contribution >= 0.6 is 0 Å². The number of β-amino-alcohol motifs (C(OH)–C–C–N with tert-alkyl or cyclic N) is 1. The molecule has 2 atom stereocenters.